The van der Waals surface area contributed by atoms with Gasteiger partial charge in [-0.1, -0.05) is 5.16 Å². The Hall–Kier alpha value is -2.70. The Balaban J connectivity index is 1.62. The van der Waals surface area contributed by atoms with E-state index in [0.717, 1.165) is 12.1 Å². The van der Waals surface area contributed by atoms with E-state index in [1.165, 1.54) is 6.20 Å². The molecule has 0 saturated carbocycles. The van der Waals surface area contributed by atoms with Crippen LogP contribution < -0.4 is 4.90 Å². The summed E-state index contributed by atoms with van der Waals surface area (Å²) in [5, 5.41) is 3.70. The van der Waals surface area contributed by atoms with Crippen molar-refractivity contribution in [3.05, 3.63) is 42.0 Å². The molecule has 2 aliphatic heterocycles. The second kappa shape index (κ2) is 5.74. The molecule has 124 valence electrons. The number of aryl methyl sites for hydroxylation is 1. The molecule has 4 rings (SSSR count). The van der Waals surface area contributed by atoms with Crippen LogP contribution in [0.15, 0.2) is 35.2 Å². The summed E-state index contributed by atoms with van der Waals surface area (Å²) in [5.41, 5.74) is 1.30. The van der Waals surface area contributed by atoms with Gasteiger partial charge in [-0.15, -0.1) is 0 Å². The minimum absolute atomic E-state index is 0.000402. The topological polar surface area (TPSA) is 79.5 Å². The Bertz CT molecular complexity index is 773. The molecule has 2 saturated heterocycles. The van der Waals surface area contributed by atoms with E-state index in [2.05, 4.69) is 10.1 Å². The molecule has 2 fully saturated rings. The lowest BCUT2D eigenvalue weighted by atomic mass is 9.95. The average Bonchev–Trinajstić information content (AvgIpc) is 3.21. The number of fused-ring (bicyclic) bond motifs is 1. The van der Waals surface area contributed by atoms with Crippen LogP contribution in [0.5, 0.6) is 0 Å². The number of likely N-dealkylation sites (tertiary alicyclic amines) is 1. The van der Waals surface area contributed by atoms with Crippen LogP contribution in [0.1, 0.15) is 35.4 Å². The summed E-state index contributed by atoms with van der Waals surface area (Å²) in [7, 11) is 0. The molecule has 0 bridgehead atoms. The highest BCUT2D eigenvalue weighted by Gasteiger charge is 2.46. The van der Waals surface area contributed by atoms with Gasteiger partial charge in [0.25, 0.3) is 5.91 Å². The third kappa shape index (κ3) is 2.28. The molecule has 2 amide bonds. The van der Waals surface area contributed by atoms with Crippen molar-refractivity contribution >= 4 is 17.5 Å². The lowest BCUT2D eigenvalue weighted by Gasteiger charge is -2.39. The van der Waals surface area contributed by atoms with Gasteiger partial charge in [-0.05, 0) is 31.9 Å². The molecule has 2 atom stereocenters. The van der Waals surface area contributed by atoms with Crippen molar-refractivity contribution in [2.75, 3.05) is 11.4 Å². The van der Waals surface area contributed by atoms with Crippen molar-refractivity contribution < 1.29 is 14.1 Å². The van der Waals surface area contributed by atoms with Gasteiger partial charge in [-0.3, -0.25) is 14.6 Å². The van der Waals surface area contributed by atoms with Crippen LogP contribution in [-0.2, 0) is 4.79 Å². The summed E-state index contributed by atoms with van der Waals surface area (Å²) < 4.78 is 5.02. The second-order valence-electron chi connectivity index (χ2n) is 6.23. The fraction of sp³-hybridized carbons (Fsp3) is 0.412. The number of aromatic nitrogens is 2. The maximum atomic E-state index is 12.8. The van der Waals surface area contributed by atoms with E-state index in [9.17, 15) is 9.59 Å². The number of piperidine rings is 1. The van der Waals surface area contributed by atoms with Gasteiger partial charge in [0, 0.05) is 19.2 Å². The molecule has 0 spiro atoms. The first-order valence-electron chi connectivity index (χ1n) is 8.11. The van der Waals surface area contributed by atoms with Gasteiger partial charge in [0.05, 0.1) is 30.2 Å². The molecule has 2 aromatic heterocycles. The summed E-state index contributed by atoms with van der Waals surface area (Å²) in [6, 6.07) is 3.73. The monoisotopic (exact) mass is 326 g/mol. The van der Waals surface area contributed by atoms with Crippen LogP contribution in [0.4, 0.5) is 5.69 Å². The molecule has 2 aromatic rings. The van der Waals surface area contributed by atoms with E-state index in [4.69, 9.17) is 4.52 Å². The lowest BCUT2D eigenvalue weighted by Crippen LogP contribution is -2.53. The van der Waals surface area contributed by atoms with E-state index < -0.39 is 0 Å². The zero-order valence-electron chi connectivity index (χ0n) is 13.4. The third-order valence-electron chi connectivity index (χ3n) is 4.93. The molecule has 7 heteroatoms. The first-order valence-corrected chi connectivity index (χ1v) is 8.11. The number of nitrogens with zero attached hydrogens (tertiary/aromatic N) is 4. The van der Waals surface area contributed by atoms with Crippen LogP contribution in [-0.4, -0.2) is 45.5 Å². The minimum Gasteiger partial charge on any atom is -0.361 e. The van der Waals surface area contributed by atoms with Gasteiger partial charge in [-0.25, -0.2) is 0 Å². The Morgan fingerprint density at radius 1 is 1.29 bits per heavy atom. The highest BCUT2D eigenvalue weighted by atomic mass is 16.5. The smallest absolute Gasteiger partial charge is 0.259 e. The molecule has 2 aliphatic rings. The molecule has 0 radical (unpaired) electrons. The van der Waals surface area contributed by atoms with Gasteiger partial charge < -0.3 is 14.3 Å². The van der Waals surface area contributed by atoms with Crippen molar-refractivity contribution in [2.45, 2.75) is 38.3 Å². The summed E-state index contributed by atoms with van der Waals surface area (Å²) >= 11 is 0. The predicted molar refractivity (Wildman–Crippen MR) is 85.4 cm³/mol. The Kier molecular flexibility index (Phi) is 3.55. The fourth-order valence-corrected chi connectivity index (χ4v) is 3.81. The van der Waals surface area contributed by atoms with Gasteiger partial charge in [-0.2, -0.15) is 0 Å². The number of hydrogen-bond donors (Lipinski definition) is 0. The highest BCUT2D eigenvalue weighted by molar-refractivity contribution is 5.97. The highest BCUT2D eigenvalue weighted by Crippen LogP contribution is 2.35. The number of rotatable bonds is 2. The van der Waals surface area contributed by atoms with Crippen molar-refractivity contribution in [1.82, 2.24) is 15.0 Å². The molecule has 7 nitrogen and oxygen atoms in total. The zero-order chi connectivity index (χ0) is 16.7. The number of amides is 2. The van der Waals surface area contributed by atoms with Crippen LogP contribution in [0.2, 0.25) is 0 Å². The van der Waals surface area contributed by atoms with Gasteiger partial charge in [0.2, 0.25) is 5.91 Å². The maximum absolute atomic E-state index is 12.8. The predicted octanol–water partition coefficient (Wildman–Crippen LogP) is 1.79. The average molecular weight is 326 g/mol. The van der Waals surface area contributed by atoms with E-state index in [0.29, 0.717) is 30.7 Å². The maximum Gasteiger partial charge on any atom is 0.259 e. The van der Waals surface area contributed by atoms with E-state index >= 15 is 0 Å². The number of anilines is 1. The van der Waals surface area contributed by atoms with E-state index in [1.54, 1.807) is 19.3 Å². The lowest BCUT2D eigenvalue weighted by molar-refractivity contribution is -0.120. The minimum atomic E-state index is -0.0678. The third-order valence-corrected chi connectivity index (χ3v) is 4.93. The molecule has 24 heavy (non-hydrogen) atoms. The van der Waals surface area contributed by atoms with Gasteiger partial charge >= 0.3 is 0 Å². The summed E-state index contributed by atoms with van der Waals surface area (Å²) in [4.78, 5) is 33.1. The van der Waals surface area contributed by atoms with Crippen molar-refractivity contribution in [1.29, 1.82) is 0 Å². The Morgan fingerprint density at radius 3 is 2.88 bits per heavy atom. The number of hydrogen-bond acceptors (Lipinski definition) is 5. The van der Waals surface area contributed by atoms with Crippen molar-refractivity contribution in [2.24, 2.45) is 0 Å². The zero-order valence-corrected chi connectivity index (χ0v) is 13.4. The molecule has 0 N–H and O–H groups in total. The molecule has 0 aromatic carbocycles. The summed E-state index contributed by atoms with van der Waals surface area (Å²) in [6.45, 7) is 2.36. The van der Waals surface area contributed by atoms with Gasteiger partial charge in [0.1, 0.15) is 11.3 Å². The summed E-state index contributed by atoms with van der Waals surface area (Å²) in [5.74, 6) is 0.556. The number of pyridine rings is 1. The molecule has 0 aliphatic carbocycles. The van der Waals surface area contributed by atoms with Crippen LogP contribution in [0.3, 0.4) is 0 Å². The second-order valence-corrected chi connectivity index (χ2v) is 6.23. The van der Waals surface area contributed by atoms with Crippen molar-refractivity contribution in [3.8, 4) is 0 Å². The largest absolute Gasteiger partial charge is 0.361 e. The van der Waals surface area contributed by atoms with Crippen LogP contribution in [0.25, 0.3) is 0 Å². The quantitative estimate of drug-likeness (QED) is 0.840. The first kappa shape index (κ1) is 14.9. The van der Waals surface area contributed by atoms with Gasteiger partial charge in [0.15, 0.2) is 0 Å². The Morgan fingerprint density at radius 2 is 2.17 bits per heavy atom. The molecular weight excluding hydrogens is 308 g/mol. The number of carbonyl (C=O) groups excluding carboxylic acids is 2. The van der Waals surface area contributed by atoms with E-state index in [1.807, 2.05) is 21.9 Å². The van der Waals surface area contributed by atoms with Crippen LogP contribution >= 0.6 is 0 Å². The Labute approximate surface area is 139 Å². The summed E-state index contributed by atoms with van der Waals surface area (Å²) in [6.07, 6.45) is 6.75. The van der Waals surface area contributed by atoms with E-state index in [-0.39, 0.29) is 23.9 Å². The van der Waals surface area contributed by atoms with Crippen LogP contribution in [0, 0.1) is 6.92 Å². The molecule has 4 heterocycles. The first-order chi connectivity index (χ1) is 11.7. The number of carbonyl (C=O) groups is 2. The fourth-order valence-electron chi connectivity index (χ4n) is 3.81. The molecule has 0 unspecified atom stereocenters. The molecular formula is C17H18N4O3. The SMILES string of the molecule is Cc1oncc1C(=O)N1CC[C@@H]2[C@H]1CCC(=O)N2c1cccnc1. The normalized spacial score (nSPS) is 23.5. The van der Waals surface area contributed by atoms with Crippen molar-refractivity contribution in [3.63, 3.8) is 0 Å². The standard InChI is InChI=1S/C17H18N4O3/c1-11-13(10-19-24-11)17(23)20-8-6-15-14(20)4-5-16(22)21(15)12-3-2-7-18-9-12/h2-3,7,9-10,14-15H,4-6,8H2,1H3/t14-,15-/m1/s1.